The first kappa shape index (κ1) is 25.2. The summed E-state index contributed by atoms with van der Waals surface area (Å²) >= 11 is 0. The quantitative estimate of drug-likeness (QED) is 0.285. The highest BCUT2D eigenvalue weighted by Gasteiger charge is 2.22. The van der Waals surface area contributed by atoms with Gasteiger partial charge in [0.1, 0.15) is 11.5 Å². The van der Waals surface area contributed by atoms with Crippen LogP contribution in [0.15, 0.2) is 47.6 Å². The molecule has 1 aliphatic heterocycles. The molecule has 1 aliphatic rings. The van der Waals surface area contributed by atoms with Gasteiger partial charge in [-0.1, -0.05) is 13.0 Å². The Bertz CT molecular complexity index is 799. The SMILES string of the molecule is CCNC(=NCc1ccc(Oc2ccc(OC)cc2)nc1)NCC1CCCN1CC.I. The highest BCUT2D eigenvalue weighted by molar-refractivity contribution is 14.0. The van der Waals surface area contributed by atoms with E-state index in [0.717, 1.165) is 42.7 Å². The Hall–Kier alpha value is -2.07. The number of likely N-dealkylation sites (N-methyl/N-ethyl adjacent to an activating group) is 1. The standard InChI is InChI=1S/C23H33N5O2.HI/c1-4-24-23(27-17-19-7-6-14-28(19)5-2)26-16-18-8-13-22(25-15-18)30-21-11-9-20(29-3)10-12-21;/h8-13,15,19H,4-7,14,16-17H2,1-3H3,(H2,24,26,27);1H. The number of aliphatic imine (C=N–C) groups is 1. The molecule has 2 heterocycles. The van der Waals surface area contributed by atoms with E-state index in [9.17, 15) is 0 Å². The zero-order chi connectivity index (χ0) is 21.2. The number of hydrogen-bond acceptors (Lipinski definition) is 5. The second kappa shape index (κ2) is 13.4. The molecule has 7 nitrogen and oxygen atoms in total. The minimum absolute atomic E-state index is 0. The maximum Gasteiger partial charge on any atom is 0.219 e. The summed E-state index contributed by atoms with van der Waals surface area (Å²) in [5.41, 5.74) is 1.03. The van der Waals surface area contributed by atoms with Crippen LogP contribution in [0.4, 0.5) is 0 Å². The summed E-state index contributed by atoms with van der Waals surface area (Å²) in [7, 11) is 1.64. The van der Waals surface area contributed by atoms with E-state index in [1.165, 1.54) is 19.4 Å². The lowest BCUT2D eigenvalue weighted by Crippen LogP contribution is -2.44. The molecule has 0 saturated carbocycles. The Morgan fingerprint density at radius 3 is 2.55 bits per heavy atom. The molecule has 0 radical (unpaired) electrons. The number of likely N-dealkylation sites (tertiary alicyclic amines) is 1. The van der Waals surface area contributed by atoms with E-state index in [1.54, 1.807) is 7.11 Å². The maximum absolute atomic E-state index is 5.78. The van der Waals surface area contributed by atoms with Crippen LogP contribution in [0.2, 0.25) is 0 Å². The predicted molar refractivity (Wildman–Crippen MR) is 136 cm³/mol. The lowest BCUT2D eigenvalue weighted by molar-refractivity contribution is 0.267. The van der Waals surface area contributed by atoms with E-state index in [2.05, 4.69) is 34.4 Å². The fourth-order valence-corrected chi connectivity index (χ4v) is 3.60. The van der Waals surface area contributed by atoms with Crippen LogP contribution in [-0.4, -0.2) is 55.2 Å². The summed E-state index contributed by atoms with van der Waals surface area (Å²) in [6.45, 7) is 8.94. The van der Waals surface area contributed by atoms with Gasteiger partial charge in [0, 0.05) is 31.4 Å². The fourth-order valence-electron chi connectivity index (χ4n) is 3.60. The third-order valence-electron chi connectivity index (χ3n) is 5.25. The van der Waals surface area contributed by atoms with Crippen LogP contribution in [0.3, 0.4) is 0 Å². The average molecular weight is 539 g/mol. The van der Waals surface area contributed by atoms with Gasteiger partial charge in [0.25, 0.3) is 0 Å². The number of hydrogen-bond donors (Lipinski definition) is 2. The molecular formula is C23H34IN5O2. The molecule has 2 N–H and O–H groups in total. The first-order valence-corrected chi connectivity index (χ1v) is 10.7. The zero-order valence-corrected chi connectivity index (χ0v) is 21.0. The highest BCUT2D eigenvalue weighted by Crippen LogP contribution is 2.22. The molecule has 1 atom stereocenters. The summed E-state index contributed by atoms with van der Waals surface area (Å²) in [6, 6.07) is 11.9. The van der Waals surface area contributed by atoms with Gasteiger partial charge in [-0.15, -0.1) is 24.0 Å². The number of halogens is 1. The Kier molecular flexibility index (Phi) is 10.9. The van der Waals surface area contributed by atoms with Crippen LogP contribution in [0.5, 0.6) is 17.4 Å². The molecule has 3 rings (SSSR count). The minimum atomic E-state index is 0. The molecule has 0 aliphatic carbocycles. The van der Waals surface area contributed by atoms with Gasteiger partial charge in [0.05, 0.1) is 13.7 Å². The van der Waals surface area contributed by atoms with Gasteiger partial charge in [-0.2, -0.15) is 0 Å². The predicted octanol–water partition coefficient (Wildman–Crippen LogP) is 4.04. The molecule has 0 amide bonds. The van der Waals surface area contributed by atoms with Crippen molar-refractivity contribution in [1.82, 2.24) is 20.5 Å². The molecule has 0 bridgehead atoms. The number of guanidine groups is 1. The van der Waals surface area contributed by atoms with Crippen molar-refractivity contribution >= 4 is 29.9 Å². The van der Waals surface area contributed by atoms with Crippen molar-refractivity contribution in [3.05, 3.63) is 48.2 Å². The van der Waals surface area contributed by atoms with Gasteiger partial charge in [0.2, 0.25) is 5.88 Å². The van der Waals surface area contributed by atoms with Crippen LogP contribution < -0.4 is 20.1 Å². The van der Waals surface area contributed by atoms with Crippen LogP contribution in [0, 0.1) is 0 Å². The van der Waals surface area contributed by atoms with Gasteiger partial charge in [0.15, 0.2) is 5.96 Å². The number of methoxy groups -OCH3 is 1. The van der Waals surface area contributed by atoms with Gasteiger partial charge >= 0.3 is 0 Å². The Morgan fingerprint density at radius 1 is 1.13 bits per heavy atom. The van der Waals surface area contributed by atoms with Crippen LogP contribution >= 0.6 is 24.0 Å². The van der Waals surface area contributed by atoms with Gasteiger partial charge in [-0.05, 0) is 62.7 Å². The third-order valence-corrected chi connectivity index (χ3v) is 5.25. The van der Waals surface area contributed by atoms with Crippen molar-refractivity contribution < 1.29 is 9.47 Å². The monoisotopic (exact) mass is 539 g/mol. The summed E-state index contributed by atoms with van der Waals surface area (Å²) < 4.78 is 10.9. The molecule has 0 spiro atoms. The summed E-state index contributed by atoms with van der Waals surface area (Å²) in [5.74, 6) is 2.92. The molecule has 1 saturated heterocycles. The highest BCUT2D eigenvalue weighted by atomic mass is 127. The lowest BCUT2D eigenvalue weighted by Gasteiger charge is -2.24. The second-order valence-corrected chi connectivity index (χ2v) is 7.28. The molecule has 1 fully saturated rings. The molecule has 2 aromatic rings. The number of rotatable bonds is 9. The van der Waals surface area contributed by atoms with Gasteiger partial charge in [-0.25, -0.2) is 9.98 Å². The third kappa shape index (κ3) is 7.84. The second-order valence-electron chi connectivity index (χ2n) is 7.28. The van der Waals surface area contributed by atoms with Crippen LogP contribution in [0.25, 0.3) is 0 Å². The van der Waals surface area contributed by atoms with E-state index in [0.29, 0.717) is 18.5 Å². The van der Waals surface area contributed by atoms with Crippen molar-refractivity contribution in [1.29, 1.82) is 0 Å². The summed E-state index contributed by atoms with van der Waals surface area (Å²) in [6.07, 6.45) is 4.34. The van der Waals surface area contributed by atoms with Crippen molar-refractivity contribution in [2.45, 2.75) is 39.3 Å². The van der Waals surface area contributed by atoms with Crippen molar-refractivity contribution in [2.75, 3.05) is 33.3 Å². The molecule has 8 heteroatoms. The molecule has 170 valence electrons. The van der Waals surface area contributed by atoms with Gasteiger partial charge < -0.3 is 20.1 Å². The first-order chi connectivity index (χ1) is 14.7. The number of ether oxygens (including phenoxy) is 2. The average Bonchev–Trinajstić information content (AvgIpc) is 3.25. The summed E-state index contributed by atoms with van der Waals surface area (Å²) in [5, 5.41) is 6.82. The van der Waals surface area contributed by atoms with E-state index in [-0.39, 0.29) is 24.0 Å². The Labute approximate surface area is 202 Å². The normalized spacial score (nSPS) is 16.5. The van der Waals surface area contributed by atoms with Crippen molar-refractivity contribution in [3.63, 3.8) is 0 Å². The molecule has 1 aromatic carbocycles. The molecular weight excluding hydrogens is 505 g/mol. The van der Waals surface area contributed by atoms with E-state index in [4.69, 9.17) is 14.5 Å². The number of pyridine rings is 1. The lowest BCUT2D eigenvalue weighted by atomic mass is 10.2. The first-order valence-electron chi connectivity index (χ1n) is 10.7. The van der Waals surface area contributed by atoms with Crippen molar-refractivity contribution in [3.8, 4) is 17.4 Å². The maximum atomic E-state index is 5.78. The van der Waals surface area contributed by atoms with Crippen molar-refractivity contribution in [2.24, 2.45) is 4.99 Å². The van der Waals surface area contributed by atoms with E-state index < -0.39 is 0 Å². The molecule has 31 heavy (non-hydrogen) atoms. The molecule has 1 unspecified atom stereocenters. The van der Waals surface area contributed by atoms with E-state index in [1.807, 2.05) is 42.6 Å². The van der Waals surface area contributed by atoms with Gasteiger partial charge in [-0.3, -0.25) is 4.90 Å². The Balaban J connectivity index is 0.00000341. The fraction of sp³-hybridized carbons (Fsp3) is 0.478. The number of aromatic nitrogens is 1. The Morgan fingerprint density at radius 2 is 1.90 bits per heavy atom. The van der Waals surface area contributed by atoms with E-state index >= 15 is 0 Å². The molecule has 1 aromatic heterocycles. The number of nitrogens with one attached hydrogen (secondary N) is 2. The largest absolute Gasteiger partial charge is 0.497 e. The minimum Gasteiger partial charge on any atom is -0.497 e. The summed E-state index contributed by atoms with van der Waals surface area (Å²) in [4.78, 5) is 11.6. The topological polar surface area (TPSA) is 71.0 Å². The van der Waals surface area contributed by atoms with Crippen LogP contribution in [0.1, 0.15) is 32.3 Å². The number of benzene rings is 1. The number of nitrogens with zero attached hydrogens (tertiary/aromatic N) is 3. The van der Waals surface area contributed by atoms with Crippen LogP contribution in [-0.2, 0) is 6.54 Å². The smallest absolute Gasteiger partial charge is 0.219 e. The zero-order valence-electron chi connectivity index (χ0n) is 18.6.